The Morgan fingerprint density at radius 2 is 1.79 bits per heavy atom. The number of rotatable bonds is 3. The second-order valence-electron chi connectivity index (χ2n) is 5.18. The van der Waals surface area contributed by atoms with E-state index >= 15 is 0 Å². The molecular formula is C17H11F3N2O2. The number of aromatic nitrogens is 1. The summed E-state index contributed by atoms with van der Waals surface area (Å²) in [5, 5.41) is 11.2. The van der Waals surface area contributed by atoms with Crippen LogP contribution >= 0.6 is 0 Å². The number of non-ortho nitro benzene ring substituents is 1. The highest BCUT2D eigenvalue weighted by atomic mass is 19.4. The van der Waals surface area contributed by atoms with Crippen molar-refractivity contribution in [2.75, 3.05) is 0 Å². The van der Waals surface area contributed by atoms with Crippen LogP contribution in [0.4, 0.5) is 18.9 Å². The number of fused-ring (bicyclic) bond motifs is 1. The van der Waals surface area contributed by atoms with E-state index in [1.54, 1.807) is 30.3 Å². The van der Waals surface area contributed by atoms with E-state index in [2.05, 4.69) is 6.58 Å². The summed E-state index contributed by atoms with van der Waals surface area (Å²) in [6.45, 7) is 3.14. The van der Waals surface area contributed by atoms with Gasteiger partial charge < -0.3 is 4.57 Å². The minimum Gasteiger partial charge on any atom is -0.316 e. The van der Waals surface area contributed by atoms with Crippen LogP contribution in [0.1, 0.15) is 5.56 Å². The van der Waals surface area contributed by atoms with Gasteiger partial charge >= 0.3 is 6.18 Å². The highest BCUT2D eigenvalue weighted by molar-refractivity contribution is 5.95. The minimum atomic E-state index is -4.59. The molecule has 0 aliphatic rings. The van der Waals surface area contributed by atoms with Crippen LogP contribution in [0, 0.1) is 10.1 Å². The summed E-state index contributed by atoms with van der Waals surface area (Å²) in [7, 11) is 0. The van der Waals surface area contributed by atoms with E-state index in [-0.39, 0.29) is 16.6 Å². The summed E-state index contributed by atoms with van der Waals surface area (Å²) in [4.78, 5) is 10.4. The number of allylic oxidation sites excluding steroid dienone is 1. The summed E-state index contributed by atoms with van der Waals surface area (Å²) in [6.07, 6.45) is -3.28. The van der Waals surface area contributed by atoms with Gasteiger partial charge in [-0.05, 0) is 18.2 Å². The maximum absolute atomic E-state index is 13.1. The van der Waals surface area contributed by atoms with Crippen LogP contribution < -0.4 is 0 Å². The third kappa shape index (κ3) is 2.64. The van der Waals surface area contributed by atoms with Crippen molar-refractivity contribution in [3.05, 3.63) is 77.0 Å². The summed E-state index contributed by atoms with van der Waals surface area (Å²) in [5.74, 6) is 0. The van der Waals surface area contributed by atoms with Crippen LogP contribution in [0.2, 0.25) is 0 Å². The molecule has 0 bridgehead atoms. The average molecular weight is 332 g/mol. The lowest BCUT2D eigenvalue weighted by Gasteiger charge is -2.08. The maximum Gasteiger partial charge on any atom is 0.416 e. The van der Waals surface area contributed by atoms with E-state index in [9.17, 15) is 23.3 Å². The number of benzene rings is 2. The Labute approximate surface area is 134 Å². The SMILES string of the molecule is C=C(c1cn(-c2ccccc2)c2cc([N+](=O)[O-])ccc12)C(F)(F)F. The molecule has 3 aromatic rings. The number of para-hydroxylation sites is 1. The van der Waals surface area contributed by atoms with Crippen molar-refractivity contribution in [3.63, 3.8) is 0 Å². The van der Waals surface area contributed by atoms with Gasteiger partial charge in [-0.2, -0.15) is 13.2 Å². The van der Waals surface area contributed by atoms with E-state index in [0.717, 1.165) is 0 Å². The van der Waals surface area contributed by atoms with Gasteiger partial charge in [-0.3, -0.25) is 10.1 Å². The monoisotopic (exact) mass is 332 g/mol. The first kappa shape index (κ1) is 15.8. The fourth-order valence-electron chi connectivity index (χ4n) is 2.52. The minimum absolute atomic E-state index is 0.101. The molecule has 7 heteroatoms. The molecule has 0 radical (unpaired) electrons. The van der Waals surface area contributed by atoms with Gasteiger partial charge in [-0.1, -0.05) is 24.8 Å². The first-order chi connectivity index (χ1) is 11.3. The number of nitrogens with zero attached hydrogens (tertiary/aromatic N) is 2. The van der Waals surface area contributed by atoms with Crippen LogP contribution in [-0.4, -0.2) is 15.7 Å². The molecule has 1 aromatic heterocycles. The molecule has 4 nitrogen and oxygen atoms in total. The molecule has 0 aliphatic carbocycles. The largest absolute Gasteiger partial charge is 0.416 e. The van der Waals surface area contributed by atoms with E-state index in [4.69, 9.17) is 0 Å². The Kier molecular flexibility index (Phi) is 3.63. The molecule has 0 N–H and O–H groups in total. The molecule has 0 spiro atoms. The maximum atomic E-state index is 13.1. The summed E-state index contributed by atoms with van der Waals surface area (Å²) < 4.78 is 40.7. The van der Waals surface area contributed by atoms with Crippen molar-refractivity contribution in [1.82, 2.24) is 4.57 Å². The normalized spacial score (nSPS) is 11.6. The van der Waals surface area contributed by atoms with Gasteiger partial charge in [0.1, 0.15) is 0 Å². The van der Waals surface area contributed by atoms with E-state index < -0.39 is 16.7 Å². The van der Waals surface area contributed by atoms with Gasteiger partial charge in [-0.25, -0.2) is 0 Å². The lowest BCUT2D eigenvalue weighted by atomic mass is 10.1. The number of nitro groups is 1. The van der Waals surface area contributed by atoms with Crippen molar-refractivity contribution < 1.29 is 18.1 Å². The fraction of sp³-hybridized carbons (Fsp3) is 0.0588. The van der Waals surface area contributed by atoms with Crippen LogP contribution in [0.25, 0.3) is 22.2 Å². The summed E-state index contributed by atoms with van der Waals surface area (Å²) >= 11 is 0. The van der Waals surface area contributed by atoms with Crippen molar-refractivity contribution in [1.29, 1.82) is 0 Å². The molecule has 0 unspecified atom stereocenters. The van der Waals surface area contributed by atoms with Crippen LogP contribution in [-0.2, 0) is 0 Å². The highest BCUT2D eigenvalue weighted by Gasteiger charge is 2.35. The van der Waals surface area contributed by atoms with Gasteiger partial charge in [0.25, 0.3) is 5.69 Å². The number of alkyl halides is 3. The molecular weight excluding hydrogens is 321 g/mol. The zero-order valence-corrected chi connectivity index (χ0v) is 12.2. The third-order valence-corrected chi connectivity index (χ3v) is 3.70. The third-order valence-electron chi connectivity index (χ3n) is 3.70. The van der Waals surface area contributed by atoms with Crippen molar-refractivity contribution in [2.45, 2.75) is 6.18 Å². The number of halogens is 3. The van der Waals surface area contributed by atoms with Crippen molar-refractivity contribution in [3.8, 4) is 5.69 Å². The standard InChI is InChI=1S/C17H11F3N2O2/c1-11(17(18,19)20)15-10-21(12-5-3-2-4-6-12)16-9-13(22(23)24)7-8-14(15)16/h2-10H,1H2. The Bertz CT molecular complexity index is 944. The Balaban J connectivity index is 2.32. The zero-order valence-electron chi connectivity index (χ0n) is 12.2. The number of hydrogen-bond donors (Lipinski definition) is 0. The van der Waals surface area contributed by atoms with E-state index in [1.165, 1.54) is 29.0 Å². The summed E-state index contributed by atoms with van der Waals surface area (Å²) in [5.41, 5.74) is -0.366. The summed E-state index contributed by atoms with van der Waals surface area (Å²) in [6, 6.07) is 12.4. The van der Waals surface area contributed by atoms with E-state index in [1.807, 2.05) is 0 Å². The van der Waals surface area contributed by atoms with Crippen molar-refractivity contribution >= 4 is 22.2 Å². The lowest BCUT2D eigenvalue weighted by Crippen LogP contribution is -2.09. The van der Waals surface area contributed by atoms with Gasteiger partial charge in [0, 0.05) is 35.0 Å². The molecule has 0 aliphatic heterocycles. The topological polar surface area (TPSA) is 48.1 Å². The molecule has 0 saturated heterocycles. The van der Waals surface area contributed by atoms with Crippen LogP contribution in [0.3, 0.4) is 0 Å². The number of nitro benzene ring substituents is 1. The second kappa shape index (κ2) is 5.52. The molecule has 1 heterocycles. The molecule has 122 valence electrons. The molecule has 0 amide bonds. The molecule has 2 aromatic carbocycles. The van der Waals surface area contributed by atoms with Crippen LogP contribution in [0.15, 0.2) is 61.3 Å². The number of hydrogen-bond acceptors (Lipinski definition) is 2. The van der Waals surface area contributed by atoms with Gasteiger partial charge in [0.05, 0.1) is 16.0 Å². The first-order valence-corrected chi connectivity index (χ1v) is 6.90. The van der Waals surface area contributed by atoms with Gasteiger partial charge in [0.15, 0.2) is 0 Å². The Morgan fingerprint density at radius 3 is 2.38 bits per heavy atom. The highest BCUT2D eigenvalue weighted by Crippen LogP contribution is 2.38. The first-order valence-electron chi connectivity index (χ1n) is 6.90. The Morgan fingerprint density at radius 1 is 1.12 bits per heavy atom. The molecule has 0 saturated carbocycles. The lowest BCUT2D eigenvalue weighted by molar-refractivity contribution is -0.384. The average Bonchev–Trinajstić information content (AvgIpc) is 2.92. The molecule has 0 atom stereocenters. The smallest absolute Gasteiger partial charge is 0.316 e. The predicted octanol–water partition coefficient (Wildman–Crippen LogP) is 5.11. The Hall–Kier alpha value is -3.09. The van der Waals surface area contributed by atoms with E-state index in [0.29, 0.717) is 11.2 Å². The molecule has 0 fully saturated rings. The second-order valence-corrected chi connectivity index (χ2v) is 5.18. The van der Waals surface area contributed by atoms with Gasteiger partial charge in [0.2, 0.25) is 0 Å². The van der Waals surface area contributed by atoms with Crippen molar-refractivity contribution in [2.24, 2.45) is 0 Å². The molecule has 24 heavy (non-hydrogen) atoms. The van der Waals surface area contributed by atoms with Gasteiger partial charge in [-0.15, -0.1) is 0 Å². The fourth-order valence-corrected chi connectivity index (χ4v) is 2.52. The quantitative estimate of drug-likeness (QED) is 0.494. The molecule has 3 rings (SSSR count). The zero-order chi connectivity index (χ0) is 17.5. The predicted molar refractivity (Wildman–Crippen MR) is 85.0 cm³/mol. The van der Waals surface area contributed by atoms with Crippen LogP contribution in [0.5, 0.6) is 0 Å².